The SMILES string of the molecule is CCCNc1ccc(Cc2ccccc2)cc1N. The molecule has 2 heteroatoms. The molecule has 0 heterocycles. The minimum atomic E-state index is 0.830. The summed E-state index contributed by atoms with van der Waals surface area (Å²) in [6, 6.07) is 16.7. The van der Waals surface area contributed by atoms with Crippen molar-refractivity contribution in [2.75, 3.05) is 17.6 Å². The zero-order valence-electron chi connectivity index (χ0n) is 10.8. The lowest BCUT2D eigenvalue weighted by molar-refractivity contribution is 0.980. The Morgan fingerprint density at radius 2 is 1.78 bits per heavy atom. The van der Waals surface area contributed by atoms with Crippen LogP contribution in [0.4, 0.5) is 11.4 Å². The lowest BCUT2D eigenvalue weighted by atomic mass is 10.0. The number of nitrogens with two attached hydrogens (primary N) is 1. The predicted molar refractivity (Wildman–Crippen MR) is 78.9 cm³/mol. The third-order valence-corrected chi connectivity index (χ3v) is 2.93. The smallest absolute Gasteiger partial charge is 0.0574 e. The zero-order valence-corrected chi connectivity index (χ0v) is 10.8. The van der Waals surface area contributed by atoms with Crippen molar-refractivity contribution in [2.45, 2.75) is 19.8 Å². The summed E-state index contributed by atoms with van der Waals surface area (Å²) >= 11 is 0. The molecule has 0 unspecified atom stereocenters. The van der Waals surface area contributed by atoms with Crippen LogP contribution in [0.1, 0.15) is 24.5 Å². The van der Waals surface area contributed by atoms with Crippen molar-refractivity contribution in [3.05, 3.63) is 59.7 Å². The van der Waals surface area contributed by atoms with E-state index >= 15 is 0 Å². The van der Waals surface area contributed by atoms with Crippen molar-refractivity contribution in [3.8, 4) is 0 Å². The van der Waals surface area contributed by atoms with Crippen LogP contribution in [-0.2, 0) is 6.42 Å². The van der Waals surface area contributed by atoms with E-state index in [0.717, 1.165) is 30.8 Å². The average Bonchev–Trinajstić information content (AvgIpc) is 2.39. The lowest BCUT2D eigenvalue weighted by Gasteiger charge is -2.10. The fourth-order valence-corrected chi connectivity index (χ4v) is 1.97. The monoisotopic (exact) mass is 240 g/mol. The van der Waals surface area contributed by atoms with Crippen LogP contribution in [0.3, 0.4) is 0 Å². The van der Waals surface area contributed by atoms with Gasteiger partial charge in [0.15, 0.2) is 0 Å². The molecule has 0 saturated heterocycles. The van der Waals surface area contributed by atoms with Crippen molar-refractivity contribution < 1.29 is 0 Å². The van der Waals surface area contributed by atoms with Crippen LogP contribution in [0.25, 0.3) is 0 Å². The van der Waals surface area contributed by atoms with Crippen LogP contribution in [0.15, 0.2) is 48.5 Å². The molecule has 0 spiro atoms. The van der Waals surface area contributed by atoms with Crippen molar-refractivity contribution in [1.29, 1.82) is 0 Å². The van der Waals surface area contributed by atoms with Crippen molar-refractivity contribution in [1.82, 2.24) is 0 Å². The fourth-order valence-electron chi connectivity index (χ4n) is 1.97. The molecule has 2 nitrogen and oxygen atoms in total. The Bertz CT molecular complexity index is 492. The number of hydrogen-bond donors (Lipinski definition) is 2. The van der Waals surface area contributed by atoms with Crippen LogP contribution in [0.2, 0.25) is 0 Å². The van der Waals surface area contributed by atoms with Gasteiger partial charge in [0, 0.05) is 6.54 Å². The van der Waals surface area contributed by atoms with Crippen molar-refractivity contribution in [3.63, 3.8) is 0 Å². The lowest BCUT2D eigenvalue weighted by Crippen LogP contribution is -2.03. The molecule has 0 radical (unpaired) electrons. The van der Waals surface area contributed by atoms with Gasteiger partial charge in [-0.2, -0.15) is 0 Å². The van der Waals surface area contributed by atoms with Gasteiger partial charge in [-0.1, -0.05) is 43.3 Å². The first-order valence-corrected chi connectivity index (χ1v) is 6.46. The summed E-state index contributed by atoms with van der Waals surface area (Å²) in [5.74, 6) is 0. The van der Waals surface area contributed by atoms with Gasteiger partial charge < -0.3 is 11.1 Å². The third-order valence-electron chi connectivity index (χ3n) is 2.93. The van der Waals surface area contributed by atoms with E-state index in [4.69, 9.17) is 5.73 Å². The fraction of sp³-hybridized carbons (Fsp3) is 0.250. The van der Waals surface area contributed by atoms with Gasteiger partial charge in [0.25, 0.3) is 0 Å². The number of hydrogen-bond acceptors (Lipinski definition) is 2. The number of rotatable bonds is 5. The first-order chi connectivity index (χ1) is 8.79. The van der Waals surface area contributed by atoms with E-state index in [2.05, 4.69) is 54.7 Å². The Morgan fingerprint density at radius 1 is 1.00 bits per heavy atom. The number of nitrogen functional groups attached to an aromatic ring is 1. The van der Waals surface area contributed by atoms with E-state index in [-0.39, 0.29) is 0 Å². The van der Waals surface area contributed by atoms with E-state index in [9.17, 15) is 0 Å². The molecule has 0 aliphatic carbocycles. The van der Waals surface area contributed by atoms with Gasteiger partial charge in [-0.3, -0.25) is 0 Å². The van der Waals surface area contributed by atoms with Crippen LogP contribution in [0, 0.1) is 0 Å². The molecule has 0 aliphatic rings. The number of benzene rings is 2. The van der Waals surface area contributed by atoms with Crippen molar-refractivity contribution in [2.24, 2.45) is 0 Å². The first-order valence-electron chi connectivity index (χ1n) is 6.46. The second-order valence-corrected chi connectivity index (χ2v) is 4.51. The molecule has 0 bridgehead atoms. The molecule has 3 N–H and O–H groups in total. The van der Waals surface area contributed by atoms with Gasteiger partial charge in [-0.25, -0.2) is 0 Å². The van der Waals surface area contributed by atoms with Crippen LogP contribution >= 0.6 is 0 Å². The van der Waals surface area contributed by atoms with E-state index in [1.807, 2.05) is 6.07 Å². The number of nitrogens with one attached hydrogen (secondary N) is 1. The molecule has 94 valence electrons. The molecule has 0 atom stereocenters. The maximum atomic E-state index is 6.05. The normalized spacial score (nSPS) is 10.3. The molecule has 2 aromatic carbocycles. The van der Waals surface area contributed by atoms with Gasteiger partial charge in [0.2, 0.25) is 0 Å². The minimum absolute atomic E-state index is 0.830. The number of anilines is 2. The second kappa shape index (κ2) is 6.10. The molecule has 18 heavy (non-hydrogen) atoms. The van der Waals surface area contributed by atoms with Gasteiger partial charge in [0.1, 0.15) is 0 Å². The summed E-state index contributed by atoms with van der Waals surface area (Å²) in [6.45, 7) is 3.11. The third kappa shape index (κ3) is 3.27. The molecule has 0 saturated carbocycles. The molecule has 0 aromatic heterocycles. The van der Waals surface area contributed by atoms with Gasteiger partial charge in [0.05, 0.1) is 11.4 Å². The summed E-state index contributed by atoms with van der Waals surface area (Å²) in [5.41, 5.74) is 10.5. The summed E-state index contributed by atoms with van der Waals surface area (Å²) < 4.78 is 0. The van der Waals surface area contributed by atoms with Gasteiger partial charge >= 0.3 is 0 Å². The molecular weight excluding hydrogens is 220 g/mol. The molecule has 0 fully saturated rings. The van der Waals surface area contributed by atoms with Crippen LogP contribution in [0.5, 0.6) is 0 Å². The Hall–Kier alpha value is -1.96. The Balaban J connectivity index is 2.09. The highest BCUT2D eigenvalue weighted by Gasteiger charge is 2.01. The second-order valence-electron chi connectivity index (χ2n) is 4.51. The molecule has 2 aromatic rings. The van der Waals surface area contributed by atoms with Crippen molar-refractivity contribution >= 4 is 11.4 Å². The molecule has 2 rings (SSSR count). The average molecular weight is 240 g/mol. The highest BCUT2D eigenvalue weighted by atomic mass is 14.9. The standard InChI is InChI=1S/C16H20N2/c1-2-10-18-16-9-8-14(12-15(16)17)11-13-6-4-3-5-7-13/h3-9,12,18H,2,10-11,17H2,1H3. The van der Waals surface area contributed by atoms with Gasteiger partial charge in [-0.15, -0.1) is 0 Å². The largest absolute Gasteiger partial charge is 0.397 e. The highest BCUT2D eigenvalue weighted by Crippen LogP contribution is 2.21. The maximum absolute atomic E-state index is 6.05. The molecule has 0 amide bonds. The predicted octanol–water partition coefficient (Wildman–Crippen LogP) is 3.68. The summed E-state index contributed by atoms with van der Waals surface area (Å²) in [5, 5.41) is 3.33. The molecular formula is C16H20N2. The quantitative estimate of drug-likeness (QED) is 0.782. The molecule has 0 aliphatic heterocycles. The van der Waals surface area contributed by atoms with E-state index < -0.39 is 0 Å². The van der Waals surface area contributed by atoms with Gasteiger partial charge in [-0.05, 0) is 36.1 Å². The highest BCUT2D eigenvalue weighted by molar-refractivity contribution is 5.67. The topological polar surface area (TPSA) is 38.0 Å². The van der Waals surface area contributed by atoms with E-state index in [0.29, 0.717) is 0 Å². The van der Waals surface area contributed by atoms with Crippen LogP contribution in [-0.4, -0.2) is 6.54 Å². The zero-order chi connectivity index (χ0) is 12.8. The Kier molecular flexibility index (Phi) is 4.24. The Labute approximate surface area is 109 Å². The minimum Gasteiger partial charge on any atom is -0.397 e. The summed E-state index contributed by atoms with van der Waals surface area (Å²) in [7, 11) is 0. The summed E-state index contributed by atoms with van der Waals surface area (Å²) in [4.78, 5) is 0. The van der Waals surface area contributed by atoms with Crippen LogP contribution < -0.4 is 11.1 Å². The summed E-state index contributed by atoms with van der Waals surface area (Å²) in [6.07, 6.45) is 2.03. The first kappa shape index (κ1) is 12.5. The van der Waals surface area contributed by atoms with E-state index in [1.165, 1.54) is 11.1 Å². The van der Waals surface area contributed by atoms with E-state index in [1.54, 1.807) is 0 Å². The maximum Gasteiger partial charge on any atom is 0.0574 e. The Morgan fingerprint density at radius 3 is 2.44 bits per heavy atom.